The third-order valence-electron chi connectivity index (χ3n) is 2.90. The second-order valence-corrected chi connectivity index (χ2v) is 7.34. The molecule has 7 heteroatoms. The number of aromatic nitrogens is 1. The fourth-order valence-corrected chi connectivity index (χ4v) is 3.19. The Balaban J connectivity index is 2.11. The molecule has 0 bridgehead atoms. The van der Waals surface area contributed by atoms with Gasteiger partial charge in [0.25, 0.3) is 0 Å². The maximum atomic E-state index is 11.6. The maximum absolute atomic E-state index is 11.6. The second kappa shape index (κ2) is 5.90. The first-order chi connectivity index (χ1) is 9.42. The normalized spacial score (nSPS) is 13.2. The molecule has 2 N–H and O–H groups in total. The minimum Gasteiger partial charge on any atom is -0.377 e. The lowest BCUT2D eigenvalue weighted by atomic mass is 10.2. The number of aryl methyl sites for hydroxylation is 1. The Morgan fingerprint density at radius 2 is 1.90 bits per heavy atom. The Hall–Kier alpha value is -1.44. The van der Waals surface area contributed by atoms with Crippen molar-refractivity contribution < 1.29 is 8.42 Å². The van der Waals surface area contributed by atoms with E-state index in [1.165, 1.54) is 7.05 Å². The Morgan fingerprint density at radius 3 is 2.40 bits per heavy atom. The molecule has 1 atom stereocenters. The molecule has 2 aromatic rings. The van der Waals surface area contributed by atoms with Crippen LogP contribution in [0.15, 0.2) is 34.5 Å². The molecule has 0 aliphatic heterocycles. The number of anilines is 1. The van der Waals surface area contributed by atoms with Gasteiger partial charge in [-0.2, -0.15) is 0 Å². The van der Waals surface area contributed by atoms with Crippen LogP contribution < -0.4 is 10.0 Å². The second-order valence-electron chi connectivity index (χ2n) is 4.39. The van der Waals surface area contributed by atoms with Gasteiger partial charge in [0.2, 0.25) is 10.0 Å². The van der Waals surface area contributed by atoms with E-state index in [-0.39, 0.29) is 10.9 Å². The van der Waals surface area contributed by atoms with Crippen LogP contribution in [0.25, 0.3) is 0 Å². The highest BCUT2D eigenvalue weighted by Gasteiger charge is 2.12. The molecular formula is C13H17N3O2S2. The lowest BCUT2D eigenvalue weighted by Gasteiger charge is -2.13. The first-order valence-corrected chi connectivity index (χ1v) is 8.51. The zero-order valence-electron chi connectivity index (χ0n) is 11.5. The van der Waals surface area contributed by atoms with Crippen LogP contribution in [-0.2, 0) is 10.0 Å². The van der Waals surface area contributed by atoms with Crippen LogP contribution in [0, 0.1) is 6.92 Å². The van der Waals surface area contributed by atoms with Crippen molar-refractivity contribution in [2.24, 2.45) is 0 Å². The van der Waals surface area contributed by atoms with Gasteiger partial charge < -0.3 is 5.32 Å². The molecule has 0 saturated heterocycles. The topological polar surface area (TPSA) is 71.1 Å². The molecule has 5 nitrogen and oxygen atoms in total. The molecule has 1 aromatic carbocycles. The Bertz CT molecular complexity index is 678. The highest BCUT2D eigenvalue weighted by Crippen LogP contribution is 2.21. The van der Waals surface area contributed by atoms with Crippen LogP contribution in [0.5, 0.6) is 0 Å². The Morgan fingerprint density at radius 1 is 1.25 bits per heavy atom. The monoisotopic (exact) mass is 311 g/mol. The van der Waals surface area contributed by atoms with Crippen molar-refractivity contribution in [3.63, 3.8) is 0 Å². The van der Waals surface area contributed by atoms with Crippen LogP contribution in [0.4, 0.5) is 5.69 Å². The number of benzene rings is 1. The number of rotatable bonds is 5. The average Bonchev–Trinajstić information content (AvgIpc) is 2.86. The summed E-state index contributed by atoms with van der Waals surface area (Å²) in [6, 6.07) is 6.73. The SMILES string of the molecule is CNS(=O)(=O)c1ccc(NC(C)c2csc(C)n2)cc1. The summed E-state index contributed by atoms with van der Waals surface area (Å²) in [6.07, 6.45) is 0. The van der Waals surface area contributed by atoms with Gasteiger partial charge in [0.15, 0.2) is 0 Å². The summed E-state index contributed by atoms with van der Waals surface area (Å²) < 4.78 is 25.5. The van der Waals surface area contributed by atoms with Crippen molar-refractivity contribution in [3.05, 3.63) is 40.3 Å². The van der Waals surface area contributed by atoms with Gasteiger partial charge in [-0.1, -0.05) is 0 Å². The molecule has 108 valence electrons. The van der Waals surface area contributed by atoms with Gasteiger partial charge in [-0.25, -0.2) is 18.1 Å². The maximum Gasteiger partial charge on any atom is 0.240 e. The van der Waals surface area contributed by atoms with Crippen molar-refractivity contribution >= 4 is 27.0 Å². The van der Waals surface area contributed by atoms with Gasteiger partial charge in [0, 0.05) is 11.1 Å². The molecule has 1 aromatic heterocycles. The highest BCUT2D eigenvalue weighted by molar-refractivity contribution is 7.89. The number of hydrogen-bond donors (Lipinski definition) is 2. The van der Waals surface area contributed by atoms with Gasteiger partial charge >= 0.3 is 0 Å². The van der Waals surface area contributed by atoms with Gasteiger partial charge in [-0.15, -0.1) is 11.3 Å². The van der Waals surface area contributed by atoms with Crippen molar-refractivity contribution in [1.29, 1.82) is 0 Å². The minimum absolute atomic E-state index is 0.0757. The molecule has 0 saturated carbocycles. The standard InChI is InChI=1S/C13H17N3O2S2/c1-9(13-8-19-10(2)16-13)15-11-4-6-12(7-5-11)20(17,18)14-3/h4-9,14-15H,1-3H3. The van der Waals surface area contributed by atoms with Crippen LogP contribution in [0.3, 0.4) is 0 Å². The van der Waals surface area contributed by atoms with Crippen LogP contribution in [0.2, 0.25) is 0 Å². The molecule has 0 radical (unpaired) electrons. The number of hydrogen-bond acceptors (Lipinski definition) is 5. The highest BCUT2D eigenvalue weighted by atomic mass is 32.2. The average molecular weight is 311 g/mol. The third kappa shape index (κ3) is 3.36. The molecule has 1 heterocycles. The van der Waals surface area contributed by atoms with E-state index < -0.39 is 10.0 Å². The zero-order valence-corrected chi connectivity index (χ0v) is 13.2. The summed E-state index contributed by atoms with van der Waals surface area (Å²) in [4.78, 5) is 4.68. The number of nitrogens with one attached hydrogen (secondary N) is 2. The van der Waals surface area contributed by atoms with E-state index in [1.807, 2.05) is 19.2 Å². The summed E-state index contributed by atoms with van der Waals surface area (Å²) in [5.74, 6) is 0. The lowest BCUT2D eigenvalue weighted by Crippen LogP contribution is -2.18. The molecule has 20 heavy (non-hydrogen) atoms. The third-order valence-corrected chi connectivity index (χ3v) is 5.12. The zero-order chi connectivity index (χ0) is 14.8. The molecule has 2 rings (SSSR count). The fraction of sp³-hybridized carbons (Fsp3) is 0.308. The van der Waals surface area contributed by atoms with Crippen LogP contribution >= 0.6 is 11.3 Å². The van der Waals surface area contributed by atoms with E-state index in [0.29, 0.717) is 0 Å². The molecule has 0 fully saturated rings. The summed E-state index contributed by atoms with van der Waals surface area (Å²) in [7, 11) is -1.98. The van der Waals surface area contributed by atoms with Crippen LogP contribution in [-0.4, -0.2) is 20.4 Å². The van der Waals surface area contributed by atoms with Crippen LogP contribution in [0.1, 0.15) is 23.7 Å². The van der Waals surface area contributed by atoms with E-state index in [2.05, 4.69) is 15.0 Å². The van der Waals surface area contributed by atoms with E-state index in [0.717, 1.165) is 16.4 Å². The summed E-state index contributed by atoms with van der Waals surface area (Å²) in [5.41, 5.74) is 1.85. The largest absolute Gasteiger partial charge is 0.377 e. The molecule has 0 aliphatic rings. The Labute approximate surface area is 123 Å². The van der Waals surface area contributed by atoms with Crippen molar-refractivity contribution in [2.45, 2.75) is 24.8 Å². The van der Waals surface area contributed by atoms with E-state index >= 15 is 0 Å². The van der Waals surface area contributed by atoms with Crippen molar-refractivity contribution in [1.82, 2.24) is 9.71 Å². The number of thiazole rings is 1. The molecule has 0 aliphatic carbocycles. The van der Waals surface area contributed by atoms with E-state index in [9.17, 15) is 8.42 Å². The molecular weight excluding hydrogens is 294 g/mol. The van der Waals surface area contributed by atoms with Gasteiger partial charge in [0.1, 0.15) is 0 Å². The van der Waals surface area contributed by atoms with Gasteiger partial charge in [0.05, 0.1) is 21.6 Å². The van der Waals surface area contributed by atoms with Gasteiger partial charge in [-0.05, 0) is 45.2 Å². The first kappa shape index (κ1) is 15.0. The number of sulfonamides is 1. The molecule has 0 spiro atoms. The minimum atomic E-state index is -3.38. The quantitative estimate of drug-likeness (QED) is 0.890. The predicted octanol–water partition coefficient (Wildman–Crippen LogP) is 2.53. The fourth-order valence-electron chi connectivity index (χ4n) is 1.75. The molecule has 1 unspecified atom stereocenters. The van der Waals surface area contributed by atoms with E-state index in [1.54, 1.807) is 35.6 Å². The van der Waals surface area contributed by atoms with Gasteiger partial charge in [-0.3, -0.25) is 0 Å². The van der Waals surface area contributed by atoms with Crippen molar-refractivity contribution in [2.75, 3.05) is 12.4 Å². The summed E-state index contributed by atoms with van der Waals surface area (Å²) in [5, 5.41) is 6.35. The summed E-state index contributed by atoms with van der Waals surface area (Å²) >= 11 is 1.61. The summed E-state index contributed by atoms with van der Waals surface area (Å²) in [6.45, 7) is 3.99. The first-order valence-electron chi connectivity index (χ1n) is 6.14. The number of nitrogens with zero attached hydrogens (tertiary/aromatic N) is 1. The van der Waals surface area contributed by atoms with Crippen molar-refractivity contribution in [3.8, 4) is 0 Å². The smallest absolute Gasteiger partial charge is 0.240 e. The van der Waals surface area contributed by atoms with E-state index in [4.69, 9.17) is 0 Å². The predicted molar refractivity (Wildman–Crippen MR) is 81.6 cm³/mol. The Kier molecular flexibility index (Phi) is 4.42. The lowest BCUT2D eigenvalue weighted by molar-refractivity contribution is 0.588. The molecule has 0 amide bonds.